The van der Waals surface area contributed by atoms with Crippen LogP contribution in [-0.2, 0) is 4.79 Å². The highest BCUT2D eigenvalue weighted by molar-refractivity contribution is 5.91. The fraction of sp³-hybridized carbons (Fsp3) is 0.545. The summed E-state index contributed by atoms with van der Waals surface area (Å²) in [7, 11) is 1.43. The van der Waals surface area contributed by atoms with Gasteiger partial charge in [-0.15, -0.1) is 0 Å². The largest absolute Gasteiger partial charge is 0.481 e. The molecule has 1 heterocycles. The second-order valence-corrected chi connectivity index (χ2v) is 3.69. The number of carbonyl (C=O) groups excluding carboxylic acids is 1. The van der Waals surface area contributed by atoms with Crippen LogP contribution < -0.4 is 10.1 Å². The molecule has 2 N–H and O–H groups in total. The van der Waals surface area contributed by atoms with E-state index < -0.39 is 5.97 Å². The molecule has 7 heteroatoms. The molecule has 1 aromatic heterocycles. The molecule has 0 atom stereocenters. The van der Waals surface area contributed by atoms with Crippen molar-refractivity contribution in [1.29, 1.82) is 0 Å². The number of amides is 1. The Bertz CT molecular complexity index is 402. The zero-order valence-electron chi connectivity index (χ0n) is 10.1. The van der Waals surface area contributed by atoms with E-state index in [-0.39, 0.29) is 24.0 Å². The predicted molar refractivity (Wildman–Crippen MR) is 61.5 cm³/mol. The molecule has 1 rings (SSSR count). The maximum atomic E-state index is 11.5. The minimum absolute atomic E-state index is 0.0948. The number of hydrogen-bond acceptors (Lipinski definition) is 5. The number of rotatable bonds is 8. The zero-order valence-corrected chi connectivity index (χ0v) is 10.1. The van der Waals surface area contributed by atoms with Gasteiger partial charge in [0.25, 0.3) is 11.8 Å². The fourth-order valence-electron chi connectivity index (χ4n) is 1.33. The SMILES string of the molecule is COc1cc(C(=O)NCCCCCC(=O)O)on1. The van der Waals surface area contributed by atoms with E-state index in [2.05, 4.69) is 10.5 Å². The summed E-state index contributed by atoms with van der Waals surface area (Å²) in [6.07, 6.45) is 2.26. The summed E-state index contributed by atoms with van der Waals surface area (Å²) in [5, 5.41) is 14.6. The third-order valence-corrected chi connectivity index (χ3v) is 2.27. The van der Waals surface area contributed by atoms with E-state index in [4.69, 9.17) is 14.4 Å². The van der Waals surface area contributed by atoms with Crippen LogP contribution in [0.25, 0.3) is 0 Å². The van der Waals surface area contributed by atoms with Crippen LogP contribution in [-0.4, -0.2) is 35.8 Å². The van der Waals surface area contributed by atoms with Crippen LogP contribution in [0.5, 0.6) is 5.88 Å². The van der Waals surface area contributed by atoms with Crippen molar-refractivity contribution in [2.75, 3.05) is 13.7 Å². The smallest absolute Gasteiger partial charge is 0.303 e. The molecule has 0 unspecified atom stereocenters. The number of unbranched alkanes of at least 4 members (excludes halogenated alkanes) is 2. The van der Waals surface area contributed by atoms with E-state index in [0.717, 1.165) is 12.8 Å². The first-order valence-corrected chi connectivity index (χ1v) is 5.64. The van der Waals surface area contributed by atoms with Crippen molar-refractivity contribution in [3.63, 3.8) is 0 Å². The molecule has 1 aromatic rings. The highest BCUT2D eigenvalue weighted by Gasteiger charge is 2.12. The molecule has 100 valence electrons. The summed E-state index contributed by atoms with van der Waals surface area (Å²) >= 11 is 0. The molecule has 0 bridgehead atoms. The number of ether oxygens (including phenoxy) is 1. The second kappa shape index (κ2) is 7.31. The van der Waals surface area contributed by atoms with Crippen molar-refractivity contribution in [3.05, 3.63) is 11.8 Å². The van der Waals surface area contributed by atoms with E-state index in [1.165, 1.54) is 13.2 Å². The number of nitrogens with zero attached hydrogens (tertiary/aromatic N) is 1. The quantitative estimate of drug-likeness (QED) is 0.674. The molecule has 0 spiro atoms. The molecule has 0 aliphatic carbocycles. The lowest BCUT2D eigenvalue weighted by atomic mass is 10.2. The van der Waals surface area contributed by atoms with Crippen LogP contribution in [0.1, 0.15) is 36.2 Å². The number of methoxy groups -OCH3 is 1. The van der Waals surface area contributed by atoms with Gasteiger partial charge < -0.3 is 19.7 Å². The molecule has 0 saturated heterocycles. The molecular weight excluding hydrogens is 240 g/mol. The molecule has 0 radical (unpaired) electrons. The first-order chi connectivity index (χ1) is 8.63. The van der Waals surface area contributed by atoms with Gasteiger partial charge in [-0.05, 0) is 18.0 Å². The van der Waals surface area contributed by atoms with Gasteiger partial charge in [-0.3, -0.25) is 9.59 Å². The lowest BCUT2D eigenvalue weighted by Crippen LogP contribution is -2.23. The Hall–Kier alpha value is -2.05. The third kappa shape index (κ3) is 4.86. The van der Waals surface area contributed by atoms with Gasteiger partial charge in [0.2, 0.25) is 5.76 Å². The van der Waals surface area contributed by atoms with Crippen molar-refractivity contribution in [2.24, 2.45) is 0 Å². The summed E-state index contributed by atoms with van der Waals surface area (Å²) < 4.78 is 9.55. The highest BCUT2D eigenvalue weighted by Crippen LogP contribution is 2.10. The van der Waals surface area contributed by atoms with Gasteiger partial charge >= 0.3 is 5.97 Å². The standard InChI is InChI=1S/C11H16N2O5/c1-17-9-7-8(18-13-9)11(16)12-6-4-2-3-5-10(14)15/h7H,2-6H2,1H3,(H,12,16)(H,14,15). The van der Waals surface area contributed by atoms with Crippen LogP contribution in [0.4, 0.5) is 0 Å². The Morgan fingerprint density at radius 2 is 2.22 bits per heavy atom. The first kappa shape index (κ1) is 14.0. The molecule has 0 aliphatic rings. The lowest BCUT2D eigenvalue weighted by molar-refractivity contribution is -0.137. The Balaban J connectivity index is 2.15. The number of aromatic nitrogens is 1. The van der Waals surface area contributed by atoms with Crippen LogP contribution >= 0.6 is 0 Å². The minimum Gasteiger partial charge on any atom is -0.481 e. The van der Waals surface area contributed by atoms with Gasteiger partial charge in [0.05, 0.1) is 13.2 Å². The summed E-state index contributed by atoms with van der Waals surface area (Å²) in [6.45, 7) is 0.474. The summed E-state index contributed by atoms with van der Waals surface area (Å²) in [5.74, 6) is -0.809. The Labute approximate surface area is 104 Å². The van der Waals surface area contributed by atoms with Crippen LogP contribution in [0.15, 0.2) is 10.6 Å². The van der Waals surface area contributed by atoms with E-state index in [1.54, 1.807) is 0 Å². The van der Waals surface area contributed by atoms with E-state index in [1.807, 2.05) is 0 Å². The van der Waals surface area contributed by atoms with Crippen molar-refractivity contribution in [3.8, 4) is 5.88 Å². The highest BCUT2D eigenvalue weighted by atomic mass is 16.5. The fourth-order valence-corrected chi connectivity index (χ4v) is 1.33. The zero-order chi connectivity index (χ0) is 13.4. The molecule has 1 amide bonds. The number of carbonyl (C=O) groups is 2. The number of hydrogen-bond donors (Lipinski definition) is 2. The minimum atomic E-state index is -0.798. The number of nitrogens with one attached hydrogen (secondary N) is 1. The summed E-state index contributed by atoms with van der Waals surface area (Å²) in [4.78, 5) is 21.8. The van der Waals surface area contributed by atoms with Crippen molar-refractivity contribution in [1.82, 2.24) is 10.5 Å². The number of aliphatic carboxylic acids is 1. The second-order valence-electron chi connectivity index (χ2n) is 3.69. The van der Waals surface area contributed by atoms with Gasteiger partial charge in [-0.25, -0.2) is 0 Å². The number of carboxylic acids is 1. The maximum Gasteiger partial charge on any atom is 0.303 e. The summed E-state index contributed by atoms with van der Waals surface area (Å²) in [5.41, 5.74) is 0. The third-order valence-electron chi connectivity index (χ3n) is 2.27. The van der Waals surface area contributed by atoms with Gasteiger partial charge in [-0.2, -0.15) is 0 Å². The van der Waals surface area contributed by atoms with Crippen molar-refractivity contribution >= 4 is 11.9 Å². The normalized spacial score (nSPS) is 10.1. The van der Waals surface area contributed by atoms with Gasteiger partial charge in [0.1, 0.15) is 0 Å². The molecule has 7 nitrogen and oxygen atoms in total. The average Bonchev–Trinajstić information content (AvgIpc) is 2.81. The average molecular weight is 256 g/mol. The Morgan fingerprint density at radius 3 is 2.83 bits per heavy atom. The van der Waals surface area contributed by atoms with Gasteiger partial charge in [0.15, 0.2) is 0 Å². The van der Waals surface area contributed by atoms with Crippen molar-refractivity contribution in [2.45, 2.75) is 25.7 Å². The monoisotopic (exact) mass is 256 g/mol. The maximum absolute atomic E-state index is 11.5. The number of carboxylic acid groups (broad SMARTS) is 1. The van der Waals surface area contributed by atoms with Gasteiger partial charge in [0, 0.05) is 13.0 Å². The molecule has 0 fully saturated rings. The van der Waals surface area contributed by atoms with Crippen LogP contribution in [0.3, 0.4) is 0 Å². The van der Waals surface area contributed by atoms with E-state index >= 15 is 0 Å². The van der Waals surface area contributed by atoms with Crippen LogP contribution in [0, 0.1) is 0 Å². The molecule has 18 heavy (non-hydrogen) atoms. The molecule has 0 aromatic carbocycles. The first-order valence-electron chi connectivity index (χ1n) is 5.64. The topological polar surface area (TPSA) is 102 Å². The van der Waals surface area contributed by atoms with Crippen LogP contribution in [0.2, 0.25) is 0 Å². The predicted octanol–water partition coefficient (Wildman–Crippen LogP) is 1.06. The van der Waals surface area contributed by atoms with Crippen molar-refractivity contribution < 1.29 is 24.0 Å². The van der Waals surface area contributed by atoms with E-state index in [0.29, 0.717) is 13.0 Å². The molecule has 0 aliphatic heterocycles. The Kier molecular flexibility index (Phi) is 5.69. The summed E-state index contributed by atoms with van der Waals surface area (Å²) in [6, 6.07) is 1.40. The Morgan fingerprint density at radius 1 is 1.44 bits per heavy atom. The molecular formula is C11H16N2O5. The van der Waals surface area contributed by atoms with E-state index in [9.17, 15) is 9.59 Å². The van der Waals surface area contributed by atoms with Gasteiger partial charge in [-0.1, -0.05) is 6.42 Å². The molecule has 0 saturated carbocycles. The lowest BCUT2D eigenvalue weighted by Gasteiger charge is -2.01.